The Hall–Kier alpha value is -2.35. The second-order valence-electron chi connectivity index (χ2n) is 5.60. The van der Waals surface area contributed by atoms with Crippen LogP contribution in [-0.2, 0) is 9.53 Å². The van der Waals surface area contributed by atoms with Crippen LogP contribution in [0, 0.1) is 5.92 Å². The number of rotatable bonds is 8. The van der Waals surface area contributed by atoms with E-state index in [2.05, 4.69) is 17.2 Å². The van der Waals surface area contributed by atoms with E-state index in [4.69, 9.17) is 9.47 Å². The van der Waals surface area contributed by atoms with Gasteiger partial charge in [0.05, 0.1) is 12.6 Å². The van der Waals surface area contributed by atoms with E-state index in [1.807, 2.05) is 6.92 Å². The summed E-state index contributed by atoms with van der Waals surface area (Å²) in [6.45, 7) is 8.31. The molecule has 142 valence electrons. The molecule has 1 heterocycles. The summed E-state index contributed by atoms with van der Waals surface area (Å²) in [6.07, 6.45) is 0. The SMILES string of the molecule is C=C1NC(=O)N[C@H](c2ccc(O)c(OCC)c2)[C@H]1C(=O)OCCSCC. The lowest BCUT2D eigenvalue weighted by atomic mass is 9.89. The number of carbonyl (C=O) groups excluding carboxylic acids is 2. The van der Waals surface area contributed by atoms with Gasteiger partial charge in [0.1, 0.15) is 12.5 Å². The van der Waals surface area contributed by atoms with Gasteiger partial charge in [-0.25, -0.2) is 4.79 Å². The van der Waals surface area contributed by atoms with Crippen LogP contribution < -0.4 is 15.4 Å². The van der Waals surface area contributed by atoms with Gasteiger partial charge in [-0.15, -0.1) is 0 Å². The second kappa shape index (κ2) is 9.38. The van der Waals surface area contributed by atoms with Gasteiger partial charge >= 0.3 is 12.0 Å². The molecule has 1 fully saturated rings. The molecule has 0 aliphatic carbocycles. The molecule has 0 aromatic heterocycles. The summed E-state index contributed by atoms with van der Waals surface area (Å²) < 4.78 is 10.7. The van der Waals surface area contributed by atoms with Gasteiger partial charge in [-0.2, -0.15) is 11.8 Å². The zero-order valence-electron chi connectivity index (χ0n) is 14.9. The summed E-state index contributed by atoms with van der Waals surface area (Å²) >= 11 is 1.67. The van der Waals surface area contributed by atoms with E-state index in [0.717, 1.165) is 5.75 Å². The number of esters is 1. The molecule has 3 N–H and O–H groups in total. The van der Waals surface area contributed by atoms with E-state index in [1.165, 1.54) is 6.07 Å². The van der Waals surface area contributed by atoms with Gasteiger partial charge in [0.15, 0.2) is 11.5 Å². The highest BCUT2D eigenvalue weighted by Crippen LogP contribution is 2.35. The number of aromatic hydroxyl groups is 1. The molecule has 0 unspecified atom stereocenters. The largest absolute Gasteiger partial charge is 0.504 e. The molecule has 26 heavy (non-hydrogen) atoms. The number of nitrogens with one attached hydrogen (secondary N) is 2. The van der Waals surface area contributed by atoms with Crippen molar-refractivity contribution in [3.63, 3.8) is 0 Å². The van der Waals surface area contributed by atoms with E-state index >= 15 is 0 Å². The number of phenolic OH excluding ortho intramolecular Hbond substituents is 1. The van der Waals surface area contributed by atoms with Crippen molar-refractivity contribution >= 4 is 23.8 Å². The van der Waals surface area contributed by atoms with Crippen LogP contribution >= 0.6 is 11.8 Å². The van der Waals surface area contributed by atoms with Gasteiger partial charge < -0.3 is 25.2 Å². The molecule has 7 nitrogen and oxygen atoms in total. The van der Waals surface area contributed by atoms with Crippen LogP contribution in [-0.4, -0.2) is 41.8 Å². The number of hydrogen-bond donors (Lipinski definition) is 3. The highest BCUT2D eigenvalue weighted by Gasteiger charge is 2.39. The zero-order chi connectivity index (χ0) is 19.1. The Balaban J connectivity index is 2.24. The van der Waals surface area contributed by atoms with Crippen molar-refractivity contribution in [1.29, 1.82) is 0 Å². The maximum Gasteiger partial charge on any atom is 0.319 e. The molecule has 1 aromatic rings. The van der Waals surface area contributed by atoms with Crippen molar-refractivity contribution in [2.75, 3.05) is 24.7 Å². The molecule has 2 rings (SSSR count). The van der Waals surface area contributed by atoms with Crippen LogP contribution in [0.5, 0.6) is 11.5 Å². The van der Waals surface area contributed by atoms with E-state index < -0.39 is 24.0 Å². The third kappa shape index (κ3) is 4.85. The molecule has 1 aromatic carbocycles. The number of amides is 2. The number of ether oxygens (including phenoxy) is 2. The number of hydrogen-bond acceptors (Lipinski definition) is 6. The standard InChI is InChI=1S/C18H24N2O5S/c1-4-24-14-10-12(6-7-13(14)21)16-15(11(3)19-18(23)20-16)17(22)25-8-9-26-5-2/h6-7,10,15-16,21H,3-5,8-9H2,1-2H3,(H2,19,20,23)/t15-,16+/m0/s1. The van der Waals surface area contributed by atoms with Crippen LogP contribution in [0.15, 0.2) is 30.5 Å². The molecule has 1 aliphatic heterocycles. The summed E-state index contributed by atoms with van der Waals surface area (Å²) in [6, 6.07) is 3.60. The van der Waals surface area contributed by atoms with Crippen molar-refractivity contribution in [3.05, 3.63) is 36.0 Å². The fourth-order valence-electron chi connectivity index (χ4n) is 2.67. The molecule has 0 saturated carbocycles. The molecular weight excluding hydrogens is 356 g/mol. The van der Waals surface area contributed by atoms with E-state index in [9.17, 15) is 14.7 Å². The van der Waals surface area contributed by atoms with Gasteiger partial charge in [-0.05, 0) is 30.4 Å². The van der Waals surface area contributed by atoms with Crippen molar-refractivity contribution in [2.45, 2.75) is 19.9 Å². The van der Waals surface area contributed by atoms with Gasteiger partial charge in [-0.3, -0.25) is 4.79 Å². The fourth-order valence-corrected chi connectivity index (χ4v) is 3.16. The predicted molar refractivity (Wildman–Crippen MR) is 100 cm³/mol. The highest BCUT2D eigenvalue weighted by atomic mass is 32.2. The molecule has 0 radical (unpaired) electrons. The summed E-state index contributed by atoms with van der Waals surface area (Å²) in [4.78, 5) is 24.5. The normalized spacial score (nSPS) is 19.5. The van der Waals surface area contributed by atoms with Crippen LogP contribution in [0.2, 0.25) is 0 Å². The summed E-state index contributed by atoms with van der Waals surface area (Å²) in [5, 5.41) is 15.1. The highest BCUT2D eigenvalue weighted by molar-refractivity contribution is 7.99. The Bertz CT molecular complexity index is 680. The van der Waals surface area contributed by atoms with Crippen LogP contribution in [0.3, 0.4) is 0 Å². The van der Waals surface area contributed by atoms with Gasteiger partial charge in [-0.1, -0.05) is 19.6 Å². The van der Waals surface area contributed by atoms with Crippen molar-refractivity contribution in [1.82, 2.24) is 10.6 Å². The molecule has 0 bridgehead atoms. The average molecular weight is 380 g/mol. The third-order valence-corrected chi connectivity index (χ3v) is 4.71. The number of phenols is 1. The molecule has 2 atom stereocenters. The van der Waals surface area contributed by atoms with Crippen molar-refractivity contribution < 1.29 is 24.2 Å². The number of urea groups is 1. The van der Waals surface area contributed by atoms with Gasteiger partial charge in [0.25, 0.3) is 0 Å². The van der Waals surface area contributed by atoms with E-state index in [1.54, 1.807) is 30.8 Å². The van der Waals surface area contributed by atoms with Crippen molar-refractivity contribution in [2.24, 2.45) is 5.92 Å². The Morgan fingerprint density at radius 3 is 2.85 bits per heavy atom. The first-order chi connectivity index (χ1) is 12.5. The number of thioether (sulfide) groups is 1. The average Bonchev–Trinajstić information content (AvgIpc) is 2.60. The molecular formula is C18H24N2O5S. The maximum atomic E-state index is 12.6. The van der Waals surface area contributed by atoms with Gasteiger partial charge in [0.2, 0.25) is 0 Å². The second-order valence-corrected chi connectivity index (χ2v) is 7.00. The Kier molecular flexibility index (Phi) is 7.20. The smallest absolute Gasteiger partial charge is 0.319 e. The fraction of sp³-hybridized carbons (Fsp3) is 0.444. The minimum Gasteiger partial charge on any atom is -0.504 e. The third-order valence-electron chi connectivity index (χ3n) is 3.84. The molecule has 8 heteroatoms. The molecule has 1 saturated heterocycles. The molecule has 0 spiro atoms. The predicted octanol–water partition coefficient (Wildman–Crippen LogP) is 2.57. The number of carbonyl (C=O) groups is 2. The van der Waals surface area contributed by atoms with Crippen molar-refractivity contribution in [3.8, 4) is 11.5 Å². The maximum absolute atomic E-state index is 12.6. The quantitative estimate of drug-likeness (QED) is 0.474. The topological polar surface area (TPSA) is 96.9 Å². The minimum absolute atomic E-state index is 0.00888. The molecule has 1 aliphatic rings. The van der Waals surface area contributed by atoms with Crippen LogP contribution in [0.25, 0.3) is 0 Å². The van der Waals surface area contributed by atoms with Crippen LogP contribution in [0.1, 0.15) is 25.5 Å². The Morgan fingerprint density at radius 2 is 2.15 bits per heavy atom. The number of benzene rings is 1. The van der Waals surface area contributed by atoms with Gasteiger partial charge in [0, 0.05) is 11.4 Å². The zero-order valence-corrected chi connectivity index (χ0v) is 15.7. The van der Waals surface area contributed by atoms with E-state index in [0.29, 0.717) is 24.5 Å². The Morgan fingerprint density at radius 1 is 1.38 bits per heavy atom. The summed E-state index contributed by atoms with van der Waals surface area (Å²) in [5.41, 5.74) is 0.894. The Labute approximate surface area is 157 Å². The summed E-state index contributed by atoms with van der Waals surface area (Å²) in [7, 11) is 0. The minimum atomic E-state index is -0.779. The van der Waals surface area contributed by atoms with E-state index in [-0.39, 0.29) is 17.2 Å². The first-order valence-electron chi connectivity index (χ1n) is 8.44. The summed E-state index contributed by atoms with van der Waals surface area (Å²) in [5.74, 6) is 0.690. The lowest BCUT2D eigenvalue weighted by molar-refractivity contribution is -0.147. The molecule has 2 amide bonds. The first kappa shape index (κ1) is 20.0. The lowest BCUT2D eigenvalue weighted by Gasteiger charge is -2.33. The monoisotopic (exact) mass is 380 g/mol. The lowest BCUT2D eigenvalue weighted by Crippen LogP contribution is -2.51. The first-order valence-corrected chi connectivity index (χ1v) is 9.59. The van der Waals surface area contributed by atoms with Crippen LogP contribution in [0.4, 0.5) is 4.79 Å².